The van der Waals surface area contributed by atoms with Crippen LogP contribution in [0.3, 0.4) is 0 Å². The van der Waals surface area contributed by atoms with E-state index in [-0.39, 0.29) is 46.5 Å². The lowest BCUT2D eigenvalue weighted by molar-refractivity contribution is -0.140. The minimum absolute atomic E-state index is 0.0714. The molecule has 2 aromatic rings. The lowest BCUT2D eigenvalue weighted by Gasteiger charge is -2.42. The third-order valence-electron chi connectivity index (χ3n) is 7.88. The van der Waals surface area contributed by atoms with Crippen LogP contribution in [0.5, 0.6) is 5.75 Å². The number of hydrogen-bond acceptors (Lipinski definition) is 8. The Balaban J connectivity index is 1.44. The van der Waals surface area contributed by atoms with Crippen LogP contribution in [0.2, 0.25) is 0 Å². The number of fused-ring (bicyclic) bond motifs is 1. The van der Waals surface area contributed by atoms with E-state index in [1.165, 1.54) is 37.4 Å². The fourth-order valence-electron chi connectivity index (χ4n) is 5.49. The fraction of sp³-hybridized carbons (Fsp3) is 0.556. The number of likely N-dealkylation sites (tertiary alicyclic amines) is 1. The molecule has 2 fully saturated rings. The SMILES string of the molecule is COc1cc(Nc2ncc3c(n2)N(C2CCCC2)CC(F)(F)C(=O)N3C)c(F)c(C(=O)NC2CN(C(C)C)C2)c1. The second-order valence-electron chi connectivity index (χ2n) is 10.9. The van der Waals surface area contributed by atoms with Crippen LogP contribution in [0.25, 0.3) is 0 Å². The number of ether oxygens (including phenoxy) is 1. The molecule has 2 aliphatic heterocycles. The van der Waals surface area contributed by atoms with E-state index < -0.39 is 30.1 Å². The van der Waals surface area contributed by atoms with Crippen molar-refractivity contribution in [2.24, 2.45) is 0 Å². The van der Waals surface area contributed by atoms with Crippen molar-refractivity contribution in [3.8, 4) is 5.75 Å². The predicted octanol–water partition coefficient (Wildman–Crippen LogP) is 3.55. The number of carbonyl (C=O) groups is 2. The minimum Gasteiger partial charge on any atom is -0.497 e. The van der Waals surface area contributed by atoms with Crippen molar-refractivity contribution in [3.63, 3.8) is 0 Å². The van der Waals surface area contributed by atoms with E-state index in [0.29, 0.717) is 32.0 Å². The summed E-state index contributed by atoms with van der Waals surface area (Å²) in [6, 6.07) is 2.73. The number of methoxy groups -OCH3 is 1. The van der Waals surface area contributed by atoms with Gasteiger partial charge < -0.3 is 25.2 Å². The first kappa shape index (κ1) is 27.9. The molecule has 1 aromatic carbocycles. The van der Waals surface area contributed by atoms with Crippen molar-refractivity contribution in [1.29, 1.82) is 0 Å². The van der Waals surface area contributed by atoms with Crippen LogP contribution in [0, 0.1) is 5.82 Å². The van der Waals surface area contributed by atoms with Crippen LogP contribution in [0.4, 0.5) is 36.3 Å². The zero-order valence-corrected chi connectivity index (χ0v) is 23.0. The predicted molar refractivity (Wildman–Crippen MR) is 144 cm³/mol. The molecule has 40 heavy (non-hydrogen) atoms. The van der Waals surface area contributed by atoms with Crippen molar-refractivity contribution in [2.75, 3.05) is 48.9 Å². The smallest absolute Gasteiger partial charge is 0.342 e. The van der Waals surface area contributed by atoms with E-state index in [4.69, 9.17) is 4.74 Å². The van der Waals surface area contributed by atoms with Crippen LogP contribution in [0.15, 0.2) is 18.3 Å². The van der Waals surface area contributed by atoms with Gasteiger partial charge in [-0.2, -0.15) is 13.8 Å². The van der Waals surface area contributed by atoms with Gasteiger partial charge in [-0.1, -0.05) is 12.8 Å². The summed E-state index contributed by atoms with van der Waals surface area (Å²) in [5, 5.41) is 5.64. The monoisotopic (exact) mass is 561 g/mol. The number of nitrogens with zero attached hydrogens (tertiary/aromatic N) is 5. The molecule has 2 N–H and O–H groups in total. The number of carbonyl (C=O) groups excluding carboxylic acids is 2. The van der Waals surface area contributed by atoms with Crippen molar-refractivity contribution >= 4 is 35.0 Å². The van der Waals surface area contributed by atoms with E-state index in [1.807, 2.05) is 0 Å². The lowest BCUT2D eigenvalue weighted by Crippen LogP contribution is -2.61. The van der Waals surface area contributed by atoms with Crippen LogP contribution in [0.1, 0.15) is 49.9 Å². The third kappa shape index (κ3) is 5.26. The summed E-state index contributed by atoms with van der Waals surface area (Å²) in [6.07, 6.45) is 4.43. The van der Waals surface area contributed by atoms with E-state index >= 15 is 4.39 Å². The highest BCUT2D eigenvalue weighted by Crippen LogP contribution is 2.40. The number of alkyl halides is 2. The number of benzene rings is 1. The molecule has 1 aromatic heterocycles. The number of amides is 2. The molecule has 3 heterocycles. The summed E-state index contributed by atoms with van der Waals surface area (Å²) in [4.78, 5) is 38.7. The maximum atomic E-state index is 15.6. The summed E-state index contributed by atoms with van der Waals surface area (Å²) < 4.78 is 50.7. The van der Waals surface area contributed by atoms with Gasteiger partial charge in [-0.15, -0.1) is 0 Å². The Hall–Kier alpha value is -3.61. The van der Waals surface area contributed by atoms with Gasteiger partial charge in [0.15, 0.2) is 11.6 Å². The molecule has 1 saturated carbocycles. The van der Waals surface area contributed by atoms with Crippen molar-refractivity contribution < 1.29 is 27.5 Å². The average molecular weight is 562 g/mol. The van der Waals surface area contributed by atoms with Crippen molar-refractivity contribution in [2.45, 2.75) is 63.6 Å². The number of aromatic nitrogens is 2. The van der Waals surface area contributed by atoms with Gasteiger partial charge in [0.05, 0.1) is 37.1 Å². The highest BCUT2D eigenvalue weighted by atomic mass is 19.3. The molecule has 0 radical (unpaired) electrons. The normalized spacial score (nSPS) is 19.9. The summed E-state index contributed by atoms with van der Waals surface area (Å²) in [5.74, 6) is -6.03. The number of nitrogens with one attached hydrogen (secondary N) is 2. The first-order valence-corrected chi connectivity index (χ1v) is 13.5. The molecule has 1 aliphatic carbocycles. The number of anilines is 4. The number of rotatable bonds is 7. The molecule has 0 bridgehead atoms. The van der Waals surface area contributed by atoms with Crippen LogP contribution < -0.4 is 25.2 Å². The molecular formula is C27H34F3N7O3. The molecule has 0 unspecified atom stereocenters. The second-order valence-corrected chi connectivity index (χ2v) is 10.9. The van der Waals surface area contributed by atoms with Gasteiger partial charge in [-0.3, -0.25) is 14.5 Å². The Bertz CT molecular complexity index is 1300. The molecule has 1 saturated heterocycles. The Morgan fingerprint density at radius 1 is 1.20 bits per heavy atom. The van der Waals surface area contributed by atoms with Gasteiger partial charge in [0.25, 0.3) is 11.8 Å². The second kappa shape index (κ2) is 10.8. The number of halogens is 3. The van der Waals surface area contributed by atoms with Crippen molar-refractivity contribution in [3.05, 3.63) is 29.7 Å². The Morgan fingerprint density at radius 3 is 2.55 bits per heavy atom. The van der Waals surface area contributed by atoms with E-state index in [1.54, 1.807) is 0 Å². The molecule has 2 amide bonds. The fourth-order valence-corrected chi connectivity index (χ4v) is 5.49. The molecule has 0 spiro atoms. The summed E-state index contributed by atoms with van der Waals surface area (Å²) in [6.45, 7) is 4.68. The molecule has 10 nitrogen and oxygen atoms in total. The van der Waals surface area contributed by atoms with Gasteiger partial charge in [0.1, 0.15) is 11.4 Å². The zero-order valence-electron chi connectivity index (χ0n) is 23.0. The maximum absolute atomic E-state index is 15.6. The Labute approximate surface area is 230 Å². The average Bonchev–Trinajstić information content (AvgIpc) is 3.41. The van der Waals surface area contributed by atoms with E-state index in [0.717, 1.165) is 17.7 Å². The van der Waals surface area contributed by atoms with Crippen LogP contribution in [-0.4, -0.2) is 84.5 Å². The van der Waals surface area contributed by atoms with Gasteiger partial charge in [-0.05, 0) is 32.8 Å². The zero-order chi connectivity index (χ0) is 28.8. The summed E-state index contributed by atoms with van der Waals surface area (Å²) >= 11 is 0. The largest absolute Gasteiger partial charge is 0.497 e. The Morgan fingerprint density at radius 2 is 1.90 bits per heavy atom. The molecule has 0 atom stereocenters. The molecule has 5 rings (SSSR count). The first-order chi connectivity index (χ1) is 19.0. The standard InChI is InChI=1S/C27H34F3N7O3/c1-15(2)36-12-16(13-36)32-24(38)19-9-18(40-4)10-20(22(19)28)33-26-31-11-21-23(34-26)37(17-7-5-6-8-17)14-27(29,30)25(39)35(21)3/h9-11,15-17H,5-8,12-14H2,1-4H3,(H,32,38)(H,31,33,34). The quantitative estimate of drug-likeness (QED) is 0.529. The van der Waals surface area contributed by atoms with E-state index in [2.05, 4.69) is 39.3 Å². The molecule has 3 aliphatic rings. The van der Waals surface area contributed by atoms with Crippen molar-refractivity contribution in [1.82, 2.24) is 20.2 Å². The summed E-state index contributed by atoms with van der Waals surface area (Å²) in [7, 11) is 2.66. The molecule has 216 valence electrons. The highest BCUT2D eigenvalue weighted by Gasteiger charge is 2.48. The molecule has 13 heteroatoms. The minimum atomic E-state index is -3.61. The van der Waals surface area contributed by atoms with Gasteiger partial charge in [-0.25, -0.2) is 9.37 Å². The highest BCUT2D eigenvalue weighted by molar-refractivity contribution is 6.02. The maximum Gasteiger partial charge on any atom is 0.342 e. The first-order valence-electron chi connectivity index (χ1n) is 13.5. The Kier molecular flexibility index (Phi) is 7.51. The van der Waals surface area contributed by atoms with Gasteiger partial charge in [0, 0.05) is 38.3 Å². The summed E-state index contributed by atoms with van der Waals surface area (Å²) in [5.41, 5.74) is -0.184. The third-order valence-corrected chi connectivity index (χ3v) is 7.88. The van der Waals surface area contributed by atoms with Crippen LogP contribution >= 0.6 is 0 Å². The lowest BCUT2D eigenvalue weighted by atomic mass is 10.1. The number of hydrogen-bond donors (Lipinski definition) is 2. The van der Waals surface area contributed by atoms with Crippen LogP contribution in [-0.2, 0) is 4.79 Å². The molecular weight excluding hydrogens is 527 g/mol. The van der Waals surface area contributed by atoms with E-state index in [9.17, 15) is 18.4 Å². The topological polar surface area (TPSA) is 103 Å². The van der Waals surface area contributed by atoms with Gasteiger partial charge in [0.2, 0.25) is 5.95 Å². The van der Waals surface area contributed by atoms with Gasteiger partial charge >= 0.3 is 5.92 Å².